The highest BCUT2D eigenvalue weighted by Crippen LogP contribution is 2.25. The number of imidazole rings is 1. The minimum absolute atomic E-state index is 0.155. The number of thioether (sulfide) groups is 1. The van der Waals surface area contributed by atoms with Crippen LogP contribution in [-0.2, 0) is 11.3 Å². The number of para-hydroxylation sites is 2. The van der Waals surface area contributed by atoms with E-state index in [1.807, 2.05) is 55.5 Å². The molecule has 4 aromatic rings. The lowest BCUT2D eigenvalue weighted by molar-refractivity contribution is -0.118. The quantitative estimate of drug-likeness (QED) is 0.268. The van der Waals surface area contributed by atoms with Gasteiger partial charge < -0.3 is 4.57 Å². The van der Waals surface area contributed by atoms with E-state index in [2.05, 4.69) is 33.3 Å². The number of carbonyl (C=O) groups is 1. The van der Waals surface area contributed by atoms with E-state index in [0.29, 0.717) is 6.54 Å². The van der Waals surface area contributed by atoms with Crippen LogP contribution in [0.3, 0.4) is 0 Å². The van der Waals surface area contributed by atoms with Crippen molar-refractivity contribution in [3.05, 3.63) is 82.0 Å². The van der Waals surface area contributed by atoms with Gasteiger partial charge in [-0.15, -0.1) is 11.3 Å². The predicted molar refractivity (Wildman–Crippen MR) is 121 cm³/mol. The average Bonchev–Trinajstić information content (AvgIpc) is 3.31. The maximum absolute atomic E-state index is 12.2. The number of carbonyl (C=O) groups excluding carboxylic acids is 1. The molecule has 0 bridgehead atoms. The van der Waals surface area contributed by atoms with Crippen molar-refractivity contribution >= 4 is 46.3 Å². The van der Waals surface area contributed by atoms with Gasteiger partial charge in [0.2, 0.25) is 0 Å². The standard InChI is InChI=1S/C22H20N4OS2/c1-16-11-12-18(29-16)13-23-25-21(27)15-28-22-24-19-9-5-6-10-20(19)26(22)14-17-7-3-2-4-8-17/h2-13H,14-15H2,1H3,(H,25,27). The molecule has 146 valence electrons. The summed E-state index contributed by atoms with van der Waals surface area (Å²) < 4.78 is 2.15. The molecular formula is C22H20N4OS2. The first kappa shape index (κ1) is 19.4. The van der Waals surface area contributed by atoms with E-state index in [4.69, 9.17) is 4.98 Å². The Morgan fingerprint density at radius 1 is 1.14 bits per heavy atom. The van der Waals surface area contributed by atoms with E-state index >= 15 is 0 Å². The van der Waals surface area contributed by atoms with Crippen molar-refractivity contribution in [2.75, 3.05) is 5.75 Å². The molecule has 0 aliphatic carbocycles. The summed E-state index contributed by atoms with van der Waals surface area (Å²) in [6, 6.07) is 22.3. The molecular weight excluding hydrogens is 400 g/mol. The lowest BCUT2D eigenvalue weighted by Crippen LogP contribution is -2.20. The van der Waals surface area contributed by atoms with Gasteiger partial charge in [-0.1, -0.05) is 54.2 Å². The highest BCUT2D eigenvalue weighted by Gasteiger charge is 2.13. The van der Waals surface area contributed by atoms with Crippen molar-refractivity contribution in [2.24, 2.45) is 5.10 Å². The lowest BCUT2D eigenvalue weighted by atomic mass is 10.2. The minimum Gasteiger partial charge on any atom is -0.314 e. The highest BCUT2D eigenvalue weighted by atomic mass is 32.2. The summed E-state index contributed by atoms with van der Waals surface area (Å²) in [5, 5.41) is 4.87. The van der Waals surface area contributed by atoms with Crippen LogP contribution in [0.4, 0.5) is 0 Å². The molecule has 2 aromatic carbocycles. The second kappa shape index (κ2) is 9.07. The minimum atomic E-state index is -0.155. The fraction of sp³-hybridized carbons (Fsp3) is 0.136. The summed E-state index contributed by atoms with van der Waals surface area (Å²) in [5.74, 6) is 0.0942. The topological polar surface area (TPSA) is 59.3 Å². The number of benzene rings is 2. The summed E-state index contributed by atoms with van der Waals surface area (Å²) in [6.45, 7) is 2.75. The number of nitrogens with one attached hydrogen (secondary N) is 1. The largest absolute Gasteiger partial charge is 0.314 e. The van der Waals surface area contributed by atoms with Gasteiger partial charge in [-0.2, -0.15) is 5.10 Å². The van der Waals surface area contributed by atoms with Crippen molar-refractivity contribution in [2.45, 2.75) is 18.6 Å². The number of hydrogen-bond donors (Lipinski definition) is 1. The van der Waals surface area contributed by atoms with Gasteiger partial charge in [0.25, 0.3) is 5.91 Å². The van der Waals surface area contributed by atoms with E-state index in [-0.39, 0.29) is 11.7 Å². The molecule has 0 saturated carbocycles. The number of amides is 1. The third kappa shape index (κ3) is 4.93. The molecule has 29 heavy (non-hydrogen) atoms. The normalized spacial score (nSPS) is 11.3. The van der Waals surface area contributed by atoms with Gasteiger partial charge in [-0.25, -0.2) is 10.4 Å². The van der Waals surface area contributed by atoms with Crippen LogP contribution in [-0.4, -0.2) is 27.4 Å². The van der Waals surface area contributed by atoms with Crippen molar-refractivity contribution in [1.82, 2.24) is 15.0 Å². The van der Waals surface area contributed by atoms with Crippen LogP contribution >= 0.6 is 23.1 Å². The Kier molecular flexibility index (Phi) is 6.07. The van der Waals surface area contributed by atoms with E-state index < -0.39 is 0 Å². The van der Waals surface area contributed by atoms with E-state index in [9.17, 15) is 4.79 Å². The van der Waals surface area contributed by atoms with Crippen LogP contribution < -0.4 is 5.43 Å². The number of thiophene rings is 1. The zero-order valence-electron chi connectivity index (χ0n) is 15.9. The number of rotatable bonds is 7. The van der Waals surface area contributed by atoms with Crippen molar-refractivity contribution < 1.29 is 4.79 Å². The van der Waals surface area contributed by atoms with Crippen LogP contribution in [0.15, 0.2) is 77.0 Å². The van der Waals surface area contributed by atoms with Crippen molar-refractivity contribution in [3.63, 3.8) is 0 Å². The molecule has 1 amide bonds. The molecule has 0 unspecified atom stereocenters. The highest BCUT2D eigenvalue weighted by molar-refractivity contribution is 7.99. The molecule has 1 N–H and O–H groups in total. The maximum Gasteiger partial charge on any atom is 0.250 e. The molecule has 4 rings (SSSR count). The first-order valence-electron chi connectivity index (χ1n) is 9.19. The Balaban J connectivity index is 1.45. The smallest absolute Gasteiger partial charge is 0.250 e. The zero-order chi connectivity index (χ0) is 20.1. The van der Waals surface area contributed by atoms with Gasteiger partial charge in [-0.3, -0.25) is 4.79 Å². The molecule has 0 radical (unpaired) electrons. The zero-order valence-corrected chi connectivity index (χ0v) is 17.5. The molecule has 0 aliphatic heterocycles. The predicted octanol–water partition coefficient (Wildman–Crippen LogP) is 4.70. The molecule has 5 nitrogen and oxygen atoms in total. The number of fused-ring (bicyclic) bond motifs is 1. The molecule has 0 fully saturated rings. The third-order valence-corrected chi connectivity index (χ3v) is 6.19. The Bertz CT molecular complexity index is 1150. The van der Waals surface area contributed by atoms with Crippen LogP contribution in [0.2, 0.25) is 0 Å². The first-order valence-corrected chi connectivity index (χ1v) is 11.0. The van der Waals surface area contributed by atoms with Crippen LogP contribution in [0.25, 0.3) is 11.0 Å². The number of aromatic nitrogens is 2. The molecule has 2 aromatic heterocycles. The molecule has 0 saturated heterocycles. The number of aryl methyl sites for hydroxylation is 1. The van der Waals surface area contributed by atoms with Crippen molar-refractivity contribution in [1.29, 1.82) is 0 Å². The Hall–Kier alpha value is -2.90. The summed E-state index contributed by atoms with van der Waals surface area (Å²) in [5.41, 5.74) is 5.77. The third-order valence-electron chi connectivity index (χ3n) is 4.28. The van der Waals surface area contributed by atoms with Gasteiger partial charge >= 0.3 is 0 Å². The Labute approximate surface area is 177 Å². The van der Waals surface area contributed by atoms with Crippen LogP contribution in [0.5, 0.6) is 0 Å². The fourth-order valence-electron chi connectivity index (χ4n) is 2.94. The molecule has 0 atom stereocenters. The number of hydrazone groups is 1. The van der Waals surface area contributed by atoms with Gasteiger partial charge in [0.1, 0.15) is 0 Å². The summed E-state index contributed by atoms with van der Waals surface area (Å²) in [6.07, 6.45) is 1.67. The summed E-state index contributed by atoms with van der Waals surface area (Å²) >= 11 is 3.05. The van der Waals surface area contributed by atoms with Gasteiger partial charge in [0.05, 0.1) is 29.5 Å². The Morgan fingerprint density at radius 2 is 1.93 bits per heavy atom. The summed E-state index contributed by atoms with van der Waals surface area (Å²) in [4.78, 5) is 19.2. The maximum atomic E-state index is 12.2. The first-order chi connectivity index (χ1) is 14.2. The summed E-state index contributed by atoms with van der Waals surface area (Å²) in [7, 11) is 0. The average molecular weight is 421 g/mol. The molecule has 0 spiro atoms. The van der Waals surface area contributed by atoms with Crippen molar-refractivity contribution in [3.8, 4) is 0 Å². The number of nitrogens with zero attached hydrogens (tertiary/aromatic N) is 3. The van der Waals surface area contributed by atoms with Gasteiger partial charge in [0, 0.05) is 9.75 Å². The Morgan fingerprint density at radius 3 is 2.72 bits per heavy atom. The SMILES string of the molecule is Cc1ccc(C=NNC(=O)CSc2nc3ccccc3n2Cc2ccccc2)s1. The fourth-order valence-corrected chi connectivity index (χ4v) is 4.49. The van der Waals surface area contributed by atoms with E-state index in [0.717, 1.165) is 21.1 Å². The number of hydrogen-bond acceptors (Lipinski definition) is 5. The lowest BCUT2D eigenvalue weighted by Gasteiger charge is -2.09. The second-order valence-corrected chi connectivity index (χ2v) is 8.75. The monoisotopic (exact) mass is 420 g/mol. The van der Waals surface area contributed by atoms with Crippen LogP contribution in [0, 0.1) is 6.92 Å². The molecule has 2 heterocycles. The van der Waals surface area contributed by atoms with Gasteiger partial charge in [0.15, 0.2) is 5.16 Å². The van der Waals surface area contributed by atoms with Crippen LogP contribution in [0.1, 0.15) is 15.3 Å². The second-order valence-electron chi connectivity index (χ2n) is 6.49. The van der Waals surface area contributed by atoms with Gasteiger partial charge in [-0.05, 0) is 36.8 Å². The van der Waals surface area contributed by atoms with E-state index in [1.54, 1.807) is 17.6 Å². The van der Waals surface area contributed by atoms with E-state index in [1.165, 1.54) is 22.2 Å². The molecule has 7 heteroatoms. The molecule has 0 aliphatic rings.